The third kappa shape index (κ3) is 5.35. The lowest BCUT2D eigenvalue weighted by atomic mass is 10.2. The summed E-state index contributed by atoms with van der Waals surface area (Å²) in [6, 6.07) is 7.65. The summed E-state index contributed by atoms with van der Waals surface area (Å²) in [7, 11) is -2.99. The number of halogens is 3. The van der Waals surface area contributed by atoms with Crippen molar-refractivity contribution in [3.63, 3.8) is 0 Å². The van der Waals surface area contributed by atoms with Gasteiger partial charge in [-0.25, -0.2) is 8.42 Å². The van der Waals surface area contributed by atoms with E-state index in [0.29, 0.717) is 0 Å². The summed E-state index contributed by atoms with van der Waals surface area (Å²) in [6.07, 6.45) is -4.78. The fourth-order valence-corrected chi connectivity index (χ4v) is 3.56. The fourth-order valence-electron chi connectivity index (χ4n) is 2.50. The first-order valence-electron chi connectivity index (χ1n) is 8.67. The number of non-ortho nitro benzene ring substituents is 1. The van der Waals surface area contributed by atoms with E-state index < -0.39 is 38.8 Å². The van der Waals surface area contributed by atoms with Crippen molar-refractivity contribution < 1.29 is 36.0 Å². The number of nitrogens with zero attached hydrogens (tertiary/aromatic N) is 3. The highest BCUT2D eigenvalue weighted by Crippen LogP contribution is 2.31. The number of nitro groups is 1. The molecule has 0 spiro atoms. The molecule has 0 aliphatic heterocycles. The van der Waals surface area contributed by atoms with Crippen molar-refractivity contribution in [2.24, 2.45) is 0 Å². The van der Waals surface area contributed by atoms with Crippen LogP contribution in [-0.4, -0.2) is 41.5 Å². The second kappa shape index (κ2) is 8.73. The number of aromatic nitrogens is 3. The predicted molar refractivity (Wildman–Crippen MR) is 106 cm³/mol. The van der Waals surface area contributed by atoms with Gasteiger partial charge >= 0.3 is 6.18 Å². The molecule has 0 aliphatic rings. The van der Waals surface area contributed by atoms with Crippen molar-refractivity contribution in [1.82, 2.24) is 15.2 Å². The molecule has 3 rings (SSSR count). The normalized spacial score (nSPS) is 11.6. The summed E-state index contributed by atoms with van der Waals surface area (Å²) < 4.78 is 70.1. The lowest BCUT2D eigenvalue weighted by molar-refractivity contribution is -0.384. The summed E-state index contributed by atoms with van der Waals surface area (Å²) >= 11 is 0. The van der Waals surface area contributed by atoms with E-state index in [4.69, 9.17) is 4.74 Å². The van der Waals surface area contributed by atoms with Gasteiger partial charge in [0.1, 0.15) is 5.75 Å². The van der Waals surface area contributed by atoms with Crippen LogP contribution in [0.4, 0.5) is 30.5 Å². The van der Waals surface area contributed by atoms with Crippen molar-refractivity contribution >= 4 is 33.3 Å². The standard InChI is InChI=1S/C17H13F3N6O6S/c1-32-13-7-4-10(26(28)29)8-12(13)25-33(30,31)11-5-2-9(3-6-11)14(27)21-16-22-15(23-24-16)17(18,19)20/h2-8,25H,1H3,(H2,21,22,23,24,27). The number of hydrogen-bond donors (Lipinski definition) is 3. The third-order valence-electron chi connectivity index (χ3n) is 4.04. The maximum absolute atomic E-state index is 12.7. The molecular weight excluding hydrogens is 473 g/mol. The molecule has 16 heteroatoms. The zero-order valence-electron chi connectivity index (χ0n) is 16.4. The van der Waals surface area contributed by atoms with Gasteiger partial charge in [-0.05, 0) is 30.3 Å². The molecule has 0 bridgehead atoms. The van der Waals surface area contributed by atoms with E-state index in [0.717, 1.165) is 36.4 Å². The number of rotatable bonds is 7. The molecule has 0 aliphatic carbocycles. The summed E-state index contributed by atoms with van der Waals surface area (Å²) in [5, 5.41) is 17.9. The summed E-state index contributed by atoms with van der Waals surface area (Å²) in [5.41, 5.74) is -0.653. The third-order valence-corrected chi connectivity index (χ3v) is 5.43. The van der Waals surface area contributed by atoms with Gasteiger partial charge in [-0.1, -0.05) is 0 Å². The van der Waals surface area contributed by atoms with Crippen LogP contribution < -0.4 is 14.8 Å². The molecule has 174 valence electrons. The van der Waals surface area contributed by atoms with E-state index in [-0.39, 0.29) is 27.6 Å². The van der Waals surface area contributed by atoms with Gasteiger partial charge in [0.05, 0.1) is 22.6 Å². The Balaban J connectivity index is 1.77. The molecule has 0 unspecified atom stereocenters. The Morgan fingerprint density at radius 3 is 2.39 bits per heavy atom. The van der Waals surface area contributed by atoms with Gasteiger partial charge in [0.15, 0.2) is 0 Å². The Morgan fingerprint density at radius 2 is 1.85 bits per heavy atom. The first kappa shape index (κ1) is 23.5. The molecule has 0 atom stereocenters. The van der Waals surface area contributed by atoms with Crippen molar-refractivity contribution in [2.45, 2.75) is 11.1 Å². The lowest BCUT2D eigenvalue weighted by Gasteiger charge is -2.12. The number of anilines is 2. The number of alkyl halides is 3. The number of ether oxygens (including phenoxy) is 1. The minimum atomic E-state index is -4.78. The molecular formula is C17H13F3N6O6S. The summed E-state index contributed by atoms with van der Waals surface area (Å²) in [4.78, 5) is 25.2. The van der Waals surface area contributed by atoms with Crippen LogP contribution in [0.25, 0.3) is 0 Å². The van der Waals surface area contributed by atoms with E-state index >= 15 is 0 Å². The largest absolute Gasteiger partial charge is 0.495 e. The van der Waals surface area contributed by atoms with Crippen molar-refractivity contribution in [1.29, 1.82) is 0 Å². The fraction of sp³-hybridized carbons (Fsp3) is 0.118. The molecule has 3 N–H and O–H groups in total. The second-order valence-electron chi connectivity index (χ2n) is 6.23. The molecule has 33 heavy (non-hydrogen) atoms. The van der Waals surface area contributed by atoms with Crippen molar-refractivity contribution in [3.8, 4) is 5.75 Å². The Morgan fingerprint density at radius 1 is 1.18 bits per heavy atom. The molecule has 0 radical (unpaired) electrons. The van der Waals surface area contributed by atoms with Crippen molar-refractivity contribution in [3.05, 3.63) is 64.0 Å². The summed E-state index contributed by atoms with van der Waals surface area (Å²) in [6.45, 7) is 0. The van der Waals surface area contributed by atoms with E-state index in [1.54, 1.807) is 5.10 Å². The average Bonchev–Trinajstić information content (AvgIpc) is 3.22. The quantitative estimate of drug-likeness (QED) is 0.338. The number of nitro benzene ring substituents is 1. The first-order chi connectivity index (χ1) is 15.4. The van der Waals surface area contributed by atoms with Gasteiger partial charge in [0, 0.05) is 17.7 Å². The molecule has 3 aromatic rings. The van der Waals surface area contributed by atoms with E-state index in [1.807, 2.05) is 5.32 Å². The van der Waals surface area contributed by atoms with Gasteiger partial charge in [-0.15, -0.1) is 5.10 Å². The smallest absolute Gasteiger partial charge is 0.451 e. The highest BCUT2D eigenvalue weighted by molar-refractivity contribution is 7.92. The molecule has 2 aromatic carbocycles. The van der Waals surface area contributed by atoms with E-state index in [2.05, 4.69) is 14.8 Å². The zero-order chi connectivity index (χ0) is 24.4. The predicted octanol–water partition coefficient (Wildman–Crippen LogP) is 2.79. The van der Waals surface area contributed by atoms with Gasteiger partial charge in [0.2, 0.25) is 11.8 Å². The van der Waals surface area contributed by atoms with Crippen LogP contribution in [0.1, 0.15) is 16.2 Å². The molecule has 12 nitrogen and oxygen atoms in total. The van der Waals surface area contributed by atoms with Crippen LogP contribution in [0.2, 0.25) is 0 Å². The Hall–Kier alpha value is -4.21. The molecule has 0 saturated carbocycles. The number of amides is 1. The number of H-pyrrole nitrogens is 1. The SMILES string of the molecule is COc1ccc([N+](=O)[O-])cc1NS(=O)(=O)c1ccc(C(=O)Nc2n[nH]c(C(F)(F)F)n2)cc1. The molecule has 1 amide bonds. The van der Waals surface area contributed by atoms with Gasteiger partial charge in [-0.3, -0.25) is 30.0 Å². The van der Waals surface area contributed by atoms with Gasteiger partial charge in [-0.2, -0.15) is 18.2 Å². The van der Waals surface area contributed by atoms with Crippen LogP contribution in [0, 0.1) is 10.1 Å². The number of benzene rings is 2. The number of methoxy groups -OCH3 is 1. The number of hydrogen-bond acceptors (Lipinski definition) is 8. The molecule has 1 aromatic heterocycles. The van der Waals surface area contributed by atoms with Gasteiger partial charge in [0.25, 0.3) is 21.6 Å². The van der Waals surface area contributed by atoms with Crippen molar-refractivity contribution in [2.75, 3.05) is 17.1 Å². The number of nitrogens with one attached hydrogen (secondary N) is 3. The maximum Gasteiger partial charge on any atom is 0.451 e. The second-order valence-corrected chi connectivity index (χ2v) is 7.91. The lowest BCUT2D eigenvalue weighted by Crippen LogP contribution is -2.16. The number of sulfonamides is 1. The topological polar surface area (TPSA) is 169 Å². The highest BCUT2D eigenvalue weighted by Gasteiger charge is 2.35. The highest BCUT2D eigenvalue weighted by atomic mass is 32.2. The first-order valence-corrected chi connectivity index (χ1v) is 10.2. The number of carbonyl (C=O) groups is 1. The zero-order valence-corrected chi connectivity index (χ0v) is 17.2. The monoisotopic (exact) mass is 486 g/mol. The number of aromatic amines is 1. The summed E-state index contributed by atoms with van der Waals surface area (Å²) in [5.74, 6) is -2.88. The van der Waals surface area contributed by atoms with Gasteiger partial charge < -0.3 is 4.74 Å². The molecule has 1 heterocycles. The van der Waals surface area contributed by atoms with Crippen LogP contribution in [0.3, 0.4) is 0 Å². The Labute approximate surface area is 183 Å². The maximum atomic E-state index is 12.7. The minimum absolute atomic E-state index is 0.0323. The van der Waals surface area contributed by atoms with Crippen LogP contribution in [0.15, 0.2) is 47.4 Å². The Bertz CT molecular complexity index is 1310. The van der Waals surface area contributed by atoms with Crippen LogP contribution >= 0.6 is 0 Å². The van der Waals surface area contributed by atoms with E-state index in [9.17, 15) is 36.5 Å². The van der Waals surface area contributed by atoms with Crippen LogP contribution in [-0.2, 0) is 16.2 Å². The molecule has 0 saturated heterocycles. The van der Waals surface area contributed by atoms with Crippen LogP contribution in [0.5, 0.6) is 5.75 Å². The minimum Gasteiger partial charge on any atom is -0.495 e. The average molecular weight is 486 g/mol. The van der Waals surface area contributed by atoms with E-state index in [1.165, 1.54) is 13.2 Å². The molecule has 0 fully saturated rings. The Kier molecular flexibility index (Phi) is 6.21. The number of carbonyl (C=O) groups excluding carboxylic acids is 1.